The van der Waals surface area contributed by atoms with E-state index in [4.69, 9.17) is 44.6 Å². The minimum Gasteiger partial charge on any atom is -0.460 e. The first-order valence-corrected chi connectivity index (χ1v) is 27.8. The second kappa shape index (κ2) is 39.0. The number of nitrogens with one attached hydrogen (secondary N) is 7. The summed E-state index contributed by atoms with van der Waals surface area (Å²) in [7, 11) is 0. The highest BCUT2D eigenvalue weighted by Gasteiger charge is 2.30. The average molecular weight is 1150 g/mol. The van der Waals surface area contributed by atoms with Crippen LogP contribution in [0.4, 0.5) is 10.5 Å². The van der Waals surface area contributed by atoms with Gasteiger partial charge in [0.1, 0.15) is 31.9 Å². The molecule has 0 fully saturated rings. The molecule has 0 aliphatic carbocycles. The van der Waals surface area contributed by atoms with Gasteiger partial charge in [-0.05, 0) is 112 Å². The molecule has 1 heterocycles. The van der Waals surface area contributed by atoms with Crippen molar-refractivity contribution >= 4 is 59.9 Å². The number of amides is 7. The highest BCUT2D eigenvalue weighted by Crippen LogP contribution is 2.18. The molecular weight excluding hydrogens is 1060 g/mol. The van der Waals surface area contributed by atoms with Crippen LogP contribution in [-0.2, 0) is 81.5 Å². The highest BCUT2D eigenvalue weighted by molar-refractivity contribution is 7.80. The van der Waals surface area contributed by atoms with E-state index in [2.05, 4.69) is 80.9 Å². The largest absolute Gasteiger partial charge is 0.460 e. The second-order valence-electron chi connectivity index (χ2n) is 21.5. The number of urea groups is 1. The predicted octanol–water partition coefficient (Wildman–Crippen LogP) is 0.893. The molecular formula is C53H92N12O14S. The molecule has 2 unspecified atom stereocenters. The van der Waals surface area contributed by atoms with Crippen molar-refractivity contribution in [2.75, 3.05) is 110 Å². The van der Waals surface area contributed by atoms with Crippen molar-refractivity contribution in [1.29, 1.82) is 0 Å². The van der Waals surface area contributed by atoms with Gasteiger partial charge in [0.25, 0.3) is 0 Å². The number of hydrogen-bond donors (Lipinski definition) is 10. The fraction of sp³-hybridized carbons (Fsp3) is 0.717. The van der Waals surface area contributed by atoms with Gasteiger partial charge in [-0.15, -0.1) is 5.10 Å². The maximum absolute atomic E-state index is 13.5. The number of primary amides is 2. The van der Waals surface area contributed by atoms with E-state index in [9.17, 15) is 33.6 Å². The molecule has 1 aromatic carbocycles. The van der Waals surface area contributed by atoms with Gasteiger partial charge in [-0.1, -0.05) is 17.3 Å². The number of nitrogens with zero attached hydrogens (tertiary/aromatic N) is 3. The van der Waals surface area contributed by atoms with E-state index in [1.165, 1.54) is 0 Å². The molecule has 0 saturated heterocycles. The predicted molar refractivity (Wildman–Crippen MR) is 302 cm³/mol. The summed E-state index contributed by atoms with van der Waals surface area (Å²) in [6.45, 7) is 19.6. The van der Waals surface area contributed by atoms with E-state index >= 15 is 0 Å². The van der Waals surface area contributed by atoms with E-state index in [0.29, 0.717) is 96.0 Å². The number of benzene rings is 1. The van der Waals surface area contributed by atoms with Crippen molar-refractivity contribution in [3.63, 3.8) is 0 Å². The standard InChI is InChI=1S/C53H92N12O14S/c1-51(2,3)49(71)79-34-38-14-16-39(17-15-38)59-47(69)42(13-11-18-57-50(55)72)60-45(67)36-78-35-44(66)56-20-22-73-24-26-75-28-30-77-31-29-76-27-25-74-23-21-65-33-40(63-64-65)32-43(62-53(7,8)37-80)48(70)61-41(46(54)68)12-9-10-19-58-52(4,5)6/h14-17,33,41-43,58,62,80H,9-13,18-32,34-37H2,1-8H3,(H2,54,68)(H,56,66)(H,59,69)(H,60,67)(H,61,70)(H3,55,57,72)/t41?,42?,43-/m0/s1. The van der Waals surface area contributed by atoms with Crippen LogP contribution in [0.25, 0.3) is 0 Å². The van der Waals surface area contributed by atoms with Crippen molar-refractivity contribution in [2.24, 2.45) is 16.9 Å². The van der Waals surface area contributed by atoms with Crippen molar-refractivity contribution < 1.29 is 66.7 Å². The van der Waals surface area contributed by atoms with Crippen LogP contribution in [0.5, 0.6) is 0 Å². The van der Waals surface area contributed by atoms with Gasteiger partial charge in [0.05, 0.1) is 89.8 Å². The van der Waals surface area contributed by atoms with Gasteiger partial charge < -0.3 is 76.5 Å². The Balaban J connectivity index is 1.53. The van der Waals surface area contributed by atoms with Gasteiger partial charge in [-0.2, -0.15) is 12.6 Å². The van der Waals surface area contributed by atoms with Gasteiger partial charge in [-0.3, -0.25) is 34.1 Å². The molecule has 0 spiro atoms. The molecule has 1 aromatic heterocycles. The molecule has 0 aliphatic rings. The summed E-state index contributed by atoms with van der Waals surface area (Å²) in [4.78, 5) is 87.1. The second-order valence-corrected chi connectivity index (χ2v) is 21.8. The molecule has 454 valence electrons. The number of rotatable bonds is 44. The Hall–Kier alpha value is -5.52. The van der Waals surface area contributed by atoms with Gasteiger partial charge in [-0.25, -0.2) is 9.48 Å². The van der Waals surface area contributed by atoms with E-state index < -0.39 is 72.0 Å². The lowest BCUT2D eigenvalue weighted by Crippen LogP contribution is -2.57. The van der Waals surface area contributed by atoms with Crippen LogP contribution in [0, 0.1) is 5.41 Å². The van der Waals surface area contributed by atoms with Crippen LogP contribution in [0.15, 0.2) is 30.5 Å². The summed E-state index contributed by atoms with van der Waals surface area (Å²) in [5, 5.41) is 28.5. The normalized spacial score (nSPS) is 13.0. The zero-order valence-electron chi connectivity index (χ0n) is 48.2. The molecule has 26 nitrogen and oxygen atoms in total. The lowest BCUT2D eigenvalue weighted by molar-refractivity contribution is -0.154. The number of carbonyl (C=O) groups excluding carboxylic acids is 7. The number of esters is 1. The number of anilines is 1. The molecule has 2 rings (SSSR count). The van der Waals surface area contributed by atoms with E-state index in [-0.39, 0.29) is 56.6 Å². The number of nitrogens with two attached hydrogens (primary N) is 2. The Morgan fingerprint density at radius 3 is 1.80 bits per heavy atom. The van der Waals surface area contributed by atoms with Crippen LogP contribution in [0.2, 0.25) is 0 Å². The zero-order chi connectivity index (χ0) is 59.4. The maximum Gasteiger partial charge on any atom is 0.312 e. The Labute approximate surface area is 476 Å². The molecule has 11 N–H and O–H groups in total. The number of ether oxygens (including phenoxy) is 7. The number of hydrogen-bond acceptors (Lipinski definition) is 19. The molecule has 7 amide bonds. The van der Waals surface area contributed by atoms with Crippen molar-refractivity contribution in [1.82, 2.24) is 46.9 Å². The van der Waals surface area contributed by atoms with Crippen molar-refractivity contribution in [2.45, 2.75) is 136 Å². The smallest absolute Gasteiger partial charge is 0.312 e. The monoisotopic (exact) mass is 1150 g/mol. The molecule has 80 heavy (non-hydrogen) atoms. The zero-order valence-corrected chi connectivity index (χ0v) is 49.1. The first kappa shape index (κ1) is 70.6. The lowest BCUT2D eigenvalue weighted by Gasteiger charge is -2.30. The van der Waals surface area contributed by atoms with Crippen LogP contribution in [0.3, 0.4) is 0 Å². The van der Waals surface area contributed by atoms with Crippen LogP contribution < -0.4 is 48.7 Å². The summed E-state index contributed by atoms with van der Waals surface area (Å²) in [6, 6.07) is 3.46. The Kier molecular flexibility index (Phi) is 34.4. The SMILES string of the molecule is CC(C)(C)NCCCCC(NC(=O)[C@H](Cc1cn(CCOCCOCCOCCOCCOCCNC(=O)COCC(=O)NC(CCCNC(N)=O)C(=O)Nc2ccc(COC(=O)C(C)(C)C)cc2)nn1)NC(C)(C)CS)C(N)=O. The molecule has 0 radical (unpaired) electrons. The summed E-state index contributed by atoms with van der Waals surface area (Å²) in [6.07, 6.45) is 4.47. The number of unbranched alkanes of at least 4 members (excludes halogenated alkanes) is 1. The van der Waals surface area contributed by atoms with E-state index in [1.54, 1.807) is 55.9 Å². The fourth-order valence-corrected chi connectivity index (χ4v) is 7.05. The minimum atomic E-state index is -0.998. The van der Waals surface area contributed by atoms with Gasteiger partial charge in [0.15, 0.2) is 0 Å². The molecule has 0 saturated carbocycles. The number of thiol groups is 1. The highest BCUT2D eigenvalue weighted by atomic mass is 32.1. The molecule has 0 bridgehead atoms. The average Bonchev–Trinajstić information content (AvgIpc) is 3.84. The number of carbonyl (C=O) groups is 7. The third-order valence-corrected chi connectivity index (χ3v) is 12.1. The first-order chi connectivity index (χ1) is 37.9. The molecule has 3 atom stereocenters. The van der Waals surface area contributed by atoms with Gasteiger partial charge in [0.2, 0.25) is 29.5 Å². The van der Waals surface area contributed by atoms with E-state index in [0.717, 1.165) is 24.9 Å². The third kappa shape index (κ3) is 34.6. The van der Waals surface area contributed by atoms with Crippen molar-refractivity contribution in [3.8, 4) is 0 Å². The topological polar surface area (TPSA) is 351 Å². The van der Waals surface area contributed by atoms with E-state index in [1.807, 2.05) is 13.8 Å². The van der Waals surface area contributed by atoms with Crippen molar-refractivity contribution in [3.05, 3.63) is 41.7 Å². The molecule has 2 aromatic rings. The Morgan fingerprint density at radius 1 is 0.637 bits per heavy atom. The fourth-order valence-electron chi connectivity index (χ4n) is 6.96. The lowest BCUT2D eigenvalue weighted by atomic mass is 9.97. The third-order valence-electron chi connectivity index (χ3n) is 11.3. The number of aromatic nitrogens is 3. The Morgan fingerprint density at radius 2 is 1.23 bits per heavy atom. The molecule has 0 aliphatic heterocycles. The first-order valence-electron chi connectivity index (χ1n) is 27.1. The quantitative estimate of drug-likeness (QED) is 0.0250. The van der Waals surface area contributed by atoms with Gasteiger partial charge in [0, 0.05) is 48.2 Å². The summed E-state index contributed by atoms with van der Waals surface area (Å²) in [5.74, 6) is -2.42. The van der Waals surface area contributed by atoms with Crippen LogP contribution >= 0.6 is 12.6 Å². The summed E-state index contributed by atoms with van der Waals surface area (Å²) in [5.41, 5.74) is 11.4. The summed E-state index contributed by atoms with van der Waals surface area (Å²) < 4.78 is 40.0. The maximum atomic E-state index is 13.5. The van der Waals surface area contributed by atoms with Crippen LogP contribution in [-0.4, -0.2) is 190 Å². The minimum absolute atomic E-state index is 0.00573. The molecule has 27 heteroatoms. The summed E-state index contributed by atoms with van der Waals surface area (Å²) >= 11 is 4.44. The van der Waals surface area contributed by atoms with Gasteiger partial charge >= 0.3 is 12.0 Å². The van der Waals surface area contributed by atoms with Crippen LogP contribution in [0.1, 0.15) is 98.8 Å². The Bertz CT molecular complexity index is 2140.